The van der Waals surface area contributed by atoms with Gasteiger partial charge in [0, 0.05) is 10.6 Å². The summed E-state index contributed by atoms with van der Waals surface area (Å²) in [6.45, 7) is 2.15. The van der Waals surface area contributed by atoms with Crippen LogP contribution in [-0.4, -0.2) is 4.98 Å². The number of rotatable bonds is 3. The van der Waals surface area contributed by atoms with E-state index in [0.29, 0.717) is 5.13 Å². The second-order valence-corrected chi connectivity index (χ2v) is 6.25. The summed E-state index contributed by atoms with van der Waals surface area (Å²) in [5.41, 5.74) is 10.3. The van der Waals surface area contributed by atoms with Crippen molar-refractivity contribution in [3.05, 3.63) is 59.1 Å². The molecule has 0 spiro atoms. The smallest absolute Gasteiger partial charge is 0.181 e. The van der Waals surface area contributed by atoms with E-state index in [9.17, 15) is 0 Å². The van der Waals surface area contributed by atoms with Crippen LogP contribution in [0.3, 0.4) is 0 Å². The van der Waals surface area contributed by atoms with Gasteiger partial charge in [-0.05, 0) is 29.7 Å². The van der Waals surface area contributed by atoms with Crippen molar-refractivity contribution in [2.45, 2.75) is 13.3 Å². The Bertz CT molecular complexity index is 745. The topological polar surface area (TPSA) is 38.9 Å². The monoisotopic (exact) mass is 314 g/mol. The Morgan fingerprint density at radius 1 is 1.00 bits per heavy atom. The molecule has 106 valence electrons. The Labute approximate surface area is 133 Å². The molecule has 0 atom stereocenters. The van der Waals surface area contributed by atoms with Crippen molar-refractivity contribution < 1.29 is 0 Å². The van der Waals surface area contributed by atoms with E-state index in [0.717, 1.165) is 33.1 Å². The fraction of sp³-hybridized carbons (Fsp3) is 0.118. The van der Waals surface area contributed by atoms with Crippen LogP contribution in [0.1, 0.15) is 12.5 Å². The highest BCUT2D eigenvalue weighted by Crippen LogP contribution is 2.38. The lowest BCUT2D eigenvalue weighted by molar-refractivity contribution is 1.14. The van der Waals surface area contributed by atoms with E-state index < -0.39 is 0 Å². The van der Waals surface area contributed by atoms with Gasteiger partial charge in [0.15, 0.2) is 5.13 Å². The van der Waals surface area contributed by atoms with Gasteiger partial charge in [-0.2, -0.15) is 0 Å². The number of thiazole rings is 1. The molecule has 4 heteroatoms. The normalized spacial score (nSPS) is 10.8. The van der Waals surface area contributed by atoms with Gasteiger partial charge in [-0.3, -0.25) is 0 Å². The van der Waals surface area contributed by atoms with Crippen LogP contribution in [0.5, 0.6) is 0 Å². The van der Waals surface area contributed by atoms with Crippen LogP contribution >= 0.6 is 22.9 Å². The summed E-state index contributed by atoms with van der Waals surface area (Å²) in [6, 6.07) is 16.2. The second kappa shape index (κ2) is 5.88. The Kier molecular flexibility index (Phi) is 3.95. The van der Waals surface area contributed by atoms with Crippen LogP contribution in [0.4, 0.5) is 5.13 Å². The third kappa shape index (κ3) is 2.94. The number of nitrogens with two attached hydrogens (primary N) is 1. The highest BCUT2D eigenvalue weighted by Gasteiger charge is 2.13. The molecule has 0 aliphatic heterocycles. The Balaban J connectivity index is 2.08. The number of aromatic nitrogens is 1. The van der Waals surface area contributed by atoms with Crippen LogP contribution in [0.25, 0.3) is 21.7 Å². The summed E-state index contributed by atoms with van der Waals surface area (Å²) >= 11 is 7.47. The van der Waals surface area contributed by atoms with Gasteiger partial charge in [-0.25, -0.2) is 4.98 Å². The summed E-state index contributed by atoms with van der Waals surface area (Å²) in [4.78, 5) is 5.58. The van der Waals surface area contributed by atoms with Gasteiger partial charge in [0.25, 0.3) is 0 Å². The molecule has 0 saturated carbocycles. The van der Waals surface area contributed by atoms with Gasteiger partial charge in [-0.15, -0.1) is 0 Å². The van der Waals surface area contributed by atoms with Crippen LogP contribution in [0.15, 0.2) is 48.5 Å². The second-order valence-electron chi connectivity index (χ2n) is 4.79. The van der Waals surface area contributed by atoms with Crippen LogP contribution in [-0.2, 0) is 6.42 Å². The Morgan fingerprint density at radius 2 is 1.62 bits per heavy atom. The summed E-state index contributed by atoms with van der Waals surface area (Å²) < 4.78 is 0. The molecule has 1 aromatic heterocycles. The molecule has 0 aliphatic rings. The summed E-state index contributed by atoms with van der Waals surface area (Å²) in [6.07, 6.45) is 1.04. The number of aryl methyl sites for hydroxylation is 1. The first-order chi connectivity index (χ1) is 10.2. The van der Waals surface area contributed by atoms with Crippen molar-refractivity contribution in [3.8, 4) is 21.7 Å². The zero-order valence-electron chi connectivity index (χ0n) is 11.6. The lowest BCUT2D eigenvalue weighted by atomic mass is 10.0. The molecule has 21 heavy (non-hydrogen) atoms. The van der Waals surface area contributed by atoms with Crippen LogP contribution in [0.2, 0.25) is 5.02 Å². The lowest BCUT2D eigenvalue weighted by Gasteiger charge is -2.04. The summed E-state index contributed by atoms with van der Waals surface area (Å²) in [5.74, 6) is 0. The van der Waals surface area contributed by atoms with Gasteiger partial charge in [0.1, 0.15) is 0 Å². The number of nitrogens with zero attached hydrogens (tertiary/aromatic N) is 1. The molecule has 3 aromatic rings. The molecule has 0 radical (unpaired) electrons. The SMILES string of the molecule is CCc1ccc(-c2sc(N)nc2-c2ccc(Cl)cc2)cc1. The molecule has 0 amide bonds. The molecule has 0 aliphatic carbocycles. The first kappa shape index (κ1) is 14.1. The largest absolute Gasteiger partial charge is 0.375 e. The minimum absolute atomic E-state index is 0.578. The number of halogens is 1. The summed E-state index contributed by atoms with van der Waals surface area (Å²) in [5, 5.41) is 1.30. The number of nitrogen functional groups attached to an aromatic ring is 1. The fourth-order valence-electron chi connectivity index (χ4n) is 2.23. The van der Waals surface area contributed by atoms with Crippen molar-refractivity contribution in [3.63, 3.8) is 0 Å². The average molecular weight is 315 g/mol. The minimum atomic E-state index is 0.578. The van der Waals surface area contributed by atoms with E-state index in [4.69, 9.17) is 17.3 Å². The maximum Gasteiger partial charge on any atom is 0.181 e. The molecular weight excluding hydrogens is 300 g/mol. The Hall–Kier alpha value is -1.84. The standard InChI is InChI=1S/C17H15ClN2S/c1-2-11-3-5-13(6-4-11)16-15(20-17(19)21-16)12-7-9-14(18)10-8-12/h3-10H,2H2,1H3,(H2,19,20). The van der Waals surface area contributed by atoms with E-state index in [1.165, 1.54) is 16.9 Å². The Morgan fingerprint density at radius 3 is 2.24 bits per heavy atom. The molecule has 0 unspecified atom stereocenters. The number of benzene rings is 2. The molecule has 0 fully saturated rings. The van der Waals surface area contributed by atoms with Crippen molar-refractivity contribution in [2.75, 3.05) is 5.73 Å². The molecular formula is C17H15ClN2S. The third-order valence-electron chi connectivity index (χ3n) is 3.39. The maximum absolute atomic E-state index is 5.95. The van der Waals surface area contributed by atoms with E-state index in [1.807, 2.05) is 24.3 Å². The molecule has 2 N–H and O–H groups in total. The van der Waals surface area contributed by atoms with Crippen LogP contribution in [0, 0.1) is 0 Å². The van der Waals surface area contributed by atoms with E-state index in [-0.39, 0.29) is 0 Å². The van der Waals surface area contributed by atoms with E-state index >= 15 is 0 Å². The maximum atomic E-state index is 5.95. The minimum Gasteiger partial charge on any atom is -0.375 e. The quantitative estimate of drug-likeness (QED) is 0.714. The summed E-state index contributed by atoms with van der Waals surface area (Å²) in [7, 11) is 0. The molecule has 2 nitrogen and oxygen atoms in total. The fourth-order valence-corrected chi connectivity index (χ4v) is 3.21. The molecule has 0 bridgehead atoms. The number of anilines is 1. The van der Waals surface area contributed by atoms with Gasteiger partial charge < -0.3 is 5.73 Å². The van der Waals surface area contributed by atoms with Crippen molar-refractivity contribution >= 4 is 28.1 Å². The van der Waals surface area contributed by atoms with Crippen molar-refractivity contribution in [2.24, 2.45) is 0 Å². The predicted molar refractivity (Wildman–Crippen MR) is 91.8 cm³/mol. The molecule has 1 heterocycles. The number of hydrogen-bond acceptors (Lipinski definition) is 3. The lowest BCUT2D eigenvalue weighted by Crippen LogP contribution is -1.85. The zero-order valence-corrected chi connectivity index (χ0v) is 13.2. The van der Waals surface area contributed by atoms with Gasteiger partial charge in [0.05, 0.1) is 10.6 Å². The first-order valence-corrected chi connectivity index (χ1v) is 7.98. The van der Waals surface area contributed by atoms with E-state index in [1.54, 1.807) is 0 Å². The first-order valence-electron chi connectivity index (χ1n) is 6.79. The molecule has 3 rings (SSSR count). The van der Waals surface area contributed by atoms with Crippen LogP contribution < -0.4 is 5.73 Å². The zero-order chi connectivity index (χ0) is 14.8. The third-order valence-corrected chi connectivity index (χ3v) is 4.57. The molecule has 0 saturated heterocycles. The van der Waals surface area contributed by atoms with Gasteiger partial charge >= 0.3 is 0 Å². The highest BCUT2D eigenvalue weighted by molar-refractivity contribution is 7.19. The van der Waals surface area contributed by atoms with Crippen molar-refractivity contribution in [1.29, 1.82) is 0 Å². The molecule has 2 aromatic carbocycles. The van der Waals surface area contributed by atoms with Gasteiger partial charge in [0.2, 0.25) is 0 Å². The highest BCUT2D eigenvalue weighted by atomic mass is 35.5. The van der Waals surface area contributed by atoms with Gasteiger partial charge in [-0.1, -0.05) is 66.3 Å². The number of hydrogen-bond donors (Lipinski definition) is 1. The van der Waals surface area contributed by atoms with E-state index in [2.05, 4.69) is 36.2 Å². The van der Waals surface area contributed by atoms with Crippen molar-refractivity contribution in [1.82, 2.24) is 4.98 Å². The average Bonchev–Trinajstić information content (AvgIpc) is 2.90. The predicted octanol–water partition coefficient (Wildman–Crippen LogP) is 5.28.